The van der Waals surface area contributed by atoms with Gasteiger partial charge in [0.15, 0.2) is 0 Å². The summed E-state index contributed by atoms with van der Waals surface area (Å²) in [6.45, 7) is 7.02. The van der Waals surface area contributed by atoms with E-state index >= 15 is 0 Å². The van der Waals surface area contributed by atoms with Crippen molar-refractivity contribution in [3.63, 3.8) is 0 Å². The van der Waals surface area contributed by atoms with Crippen LogP contribution in [-0.2, 0) is 11.3 Å². The molecule has 0 spiro atoms. The highest BCUT2D eigenvalue weighted by atomic mass is 35.5. The molecule has 0 aromatic heterocycles. The normalized spacial score (nSPS) is 34.7. The van der Waals surface area contributed by atoms with E-state index in [0.29, 0.717) is 17.5 Å². The molecule has 1 aromatic rings. The Morgan fingerprint density at radius 3 is 2.81 bits per heavy atom. The van der Waals surface area contributed by atoms with Crippen LogP contribution in [0, 0.1) is 5.92 Å². The van der Waals surface area contributed by atoms with Crippen molar-refractivity contribution >= 4 is 11.6 Å². The summed E-state index contributed by atoms with van der Waals surface area (Å²) < 4.78 is 12.7. The molecule has 3 nitrogen and oxygen atoms in total. The lowest BCUT2D eigenvalue weighted by Gasteiger charge is -2.32. The molecule has 3 rings (SSSR count). The Hall–Kier alpha value is -0.770. The molecule has 0 amide bonds. The highest BCUT2D eigenvalue weighted by Crippen LogP contribution is 2.55. The van der Waals surface area contributed by atoms with Crippen LogP contribution >= 0.6 is 11.6 Å². The van der Waals surface area contributed by atoms with Gasteiger partial charge in [0.1, 0.15) is 17.5 Å². The molecule has 0 aliphatic carbocycles. The maximum atomic E-state index is 6.41. The van der Waals surface area contributed by atoms with Gasteiger partial charge < -0.3 is 15.2 Å². The summed E-state index contributed by atoms with van der Waals surface area (Å²) in [5.74, 6) is 1.30. The third kappa shape index (κ3) is 2.36. The molecule has 2 saturated heterocycles. The Balaban J connectivity index is 1.86. The molecule has 2 N–H and O–H groups in total. The molecule has 2 fully saturated rings. The van der Waals surface area contributed by atoms with Gasteiger partial charge in [-0.2, -0.15) is 0 Å². The average Bonchev–Trinajstić information content (AvgIpc) is 2.91. The van der Waals surface area contributed by atoms with Crippen LogP contribution in [0.2, 0.25) is 5.02 Å². The van der Waals surface area contributed by atoms with Crippen molar-refractivity contribution in [2.24, 2.45) is 11.7 Å². The van der Waals surface area contributed by atoms with Crippen LogP contribution in [-0.4, -0.2) is 17.3 Å². The van der Waals surface area contributed by atoms with Gasteiger partial charge in [0, 0.05) is 23.6 Å². The van der Waals surface area contributed by atoms with Gasteiger partial charge in [-0.3, -0.25) is 0 Å². The zero-order valence-corrected chi connectivity index (χ0v) is 13.7. The van der Waals surface area contributed by atoms with Crippen LogP contribution in [0.4, 0.5) is 0 Å². The Labute approximate surface area is 131 Å². The van der Waals surface area contributed by atoms with Crippen molar-refractivity contribution in [1.82, 2.24) is 0 Å². The van der Waals surface area contributed by atoms with Crippen LogP contribution in [0.5, 0.6) is 5.75 Å². The van der Waals surface area contributed by atoms with E-state index in [2.05, 4.69) is 20.8 Å². The third-order valence-corrected chi connectivity index (χ3v) is 5.65. The first-order chi connectivity index (χ1) is 9.90. The molecular weight excluding hydrogens is 286 g/mol. The number of fused-ring (bicyclic) bond motifs is 2. The minimum Gasteiger partial charge on any atom is -0.487 e. The van der Waals surface area contributed by atoms with Gasteiger partial charge in [0.2, 0.25) is 0 Å². The van der Waals surface area contributed by atoms with Gasteiger partial charge >= 0.3 is 0 Å². The van der Waals surface area contributed by atoms with Gasteiger partial charge in [0.05, 0.1) is 5.60 Å². The average molecular weight is 310 g/mol. The van der Waals surface area contributed by atoms with E-state index in [4.69, 9.17) is 26.8 Å². The predicted molar refractivity (Wildman–Crippen MR) is 84.7 cm³/mol. The monoisotopic (exact) mass is 309 g/mol. The summed E-state index contributed by atoms with van der Waals surface area (Å²) in [5, 5.41) is 0.669. The zero-order chi connectivity index (χ0) is 15.3. The topological polar surface area (TPSA) is 44.5 Å². The SMILES string of the molecule is CC(C)[C@]12CC[C@@](C)(O1)[C@H](Oc1cccc(Cl)c1CN)C2. The van der Waals surface area contributed by atoms with Gasteiger partial charge in [-0.15, -0.1) is 0 Å². The van der Waals surface area contributed by atoms with Crippen LogP contribution in [0.25, 0.3) is 0 Å². The highest BCUT2D eigenvalue weighted by Gasteiger charge is 2.61. The van der Waals surface area contributed by atoms with Gasteiger partial charge in [0.25, 0.3) is 0 Å². The van der Waals surface area contributed by atoms with Crippen molar-refractivity contribution < 1.29 is 9.47 Å². The Kier molecular flexibility index (Phi) is 3.71. The predicted octanol–water partition coefficient (Wildman–Crippen LogP) is 3.91. The summed E-state index contributed by atoms with van der Waals surface area (Å²) in [5.41, 5.74) is 6.47. The molecule has 2 heterocycles. The van der Waals surface area contributed by atoms with Crippen molar-refractivity contribution in [2.45, 2.75) is 63.9 Å². The lowest BCUT2D eigenvalue weighted by Crippen LogP contribution is -2.40. The number of benzene rings is 1. The first-order valence-corrected chi connectivity index (χ1v) is 8.12. The van der Waals surface area contributed by atoms with Crippen LogP contribution in [0.1, 0.15) is 45.6 Å². The molecule has 2 aliphatic rings. The Bertz CT molecular complexity index is 548. The molecule has 21 heavy (non-hydrogen) atoms. The first-order valence-electron chi connectivity index (χ1n) is 7.74. The molecule has 1 aromatic carbocycles. The second-order valence-electron chi connectivity index (χ2n) is 6.87. The van der Waals surface area contributed by atoms with Crippen LogP contribution in [0.3, 0.4) is 0 Å². The lowest BCUT2D eigenvalue weighted by molar-refractivity contribution is -0.0770. The second kappa shape index (κ2) is 5.15. The van der Waals surface area contributed by atoms with E-state index in [0.717, 1.165) is 30.6 Å². The van der Waals surface area contributed by atoms with E-state index in [9.17, 15) is 0 Å². The molecule has 0 unspecified atom stereocenters. The summed E-state index contributed by atoms with van der Waals surface area (Å²) in [4.78, 5) is 0. The lowest BCUT2D eigenvalue weighted by atomic mass is 9.75. The summed E-state index contributed by atoms with van der Waals surface area (Å²) in [7, 11) is 0. The maximum absolute atomic E-state index is 6.41. The van der Waals surface area contributed by atoms with Crippen molar-refractivity contribution in [3.8, 4) is 5.75 Å². The fraction of sp³-hybridized carbons (Fsp3) is 0.647. The van der Waals surface area contributed by atoms with Gasteiger partial charge in [-0.1, -0.05) is 31.5 Å². The van der Waals surface area contributed by atoms with E-state index < -0.39 is 0 Å². The third-order valence-electron chi connectivity index (χ3n) is 5.29. The van der Waals surface area contributed by atoms with E-state index in [1.165, 1.54) is 0 Å². The van der Waals surface area contributed by atoms with Crippen LogP contribution < -0.4 is 10.5 Å². The first kappa shape index (κ1) is 15.1. The molecule has 2 bridgehead atoms. The Morgan fingerprint density at radius 1 is 1.43 bits per heavy atom. The fourth-order valence-electron chi connectivity index (χ4n) is 3.74. The smallest absolute Gasteiger partial charge is 0.130 e. The minimum absolute atomic E-state index is 0.0269. The van der Waals surface area contributed by atoms with Crippen molar-refractivity contribution in [1.29, 1.82) is 0 Å². The number of nitrogens with two attached hydrogens (primary N) is 1. The van der Waals surface area contributed by atoms with Crippen molar-refractivity contribution in [2.75, 3.05) is 0 Å². The second-order valence-corrected chi connectivity index (χ2v) is 7.27. The van der Waals surface area contributed by atoms with Gasteiger partial charge in [-0.25, -0.2) is 0 Å². The molecule has 2 aliphatic heterocycles. The fourth-order valence-corrected chi connectivity index (χ4v) is 3.98. The van der Waals surface area contributed by atoms with E-state index in [-0.39, 0.29) is 17.3 Å². The molecule has 0 saturated carbocycles. The van der Waals surface area contributed by atoms with Crippen LogP contribution in [0.15, 0.2) is 18.2 Å². The summed E-state index contributed by atoms with van der Waals surface area (Å²) in [6.07, 6.45) is 3.18. The number of hydrogen-bond donors (Lipinski definition) is 1. The number of rotatable bonds is 4. The molecule has 0 radical (unpaired) electrons. The standard InChI is InChI=1S/C17H24ClNO2/c1-11(2)17-8-7-16(3,21-17)15(9-17)20-14-6-4-5-13(18)12(14)10-19/h4-6,11,15H,7-10,19H2,1-3H3/t15-,16-,17-/m1/s1. The molecular formula is C17H24ClNO2. The molecule has 3 atom stereocenters. The zero-order valence-electron chi connectivity index (χ0n) is 13.0. The number of ether oxygens (including phenoxy) is 2. The molecule has 116 valence electrons. The highest BCUT2D eigenvalue weighted by molar-refractivity contribution is 6.31. The van der Waals surface area contributed by atoms with E-state index in [1.807, 2.05) is 18.2 Å². The van der Waals surface area contributed by atoms with E-state index in [1.54, 1.807) is 0 Å². The quantitative estimate of drug-likeness (QED) is 0.917. The van der Waals surface area contributed by atoms with Crippen molar-refractivity contribution in [3.05, 3.63) is 28.8 Å². The number of halogens is 1. The maximum Gasteiger partial charge on any atom is 0.130 e. The van der Waals surface area contributed by atoms with Gasteiger partial charge in [-0.05, 0) is 37.8 Å². The summed E-state index contributed by atoms with van der Waals surface area (Å²) >= 11 is 6.22. The molecule has 4 heteroatoms. The largest absolute Gasteiger partial charge is 0.487 e. The minimum atomic E-state index is -0.196. The Morgan fingerprint density at radius 2 is 2.19 bits per heavy atom. The number of hydrogen-bond acceptors (Lipinski definition) is 3. The summed E-state index contributed by atoms with van der Waals surface area (Å²) in [6, 6.07) is 5.71.